The van der Waals surface area contributed by atoms with Crippen molar-refractivity contribution >= 4 is 17.5 Å². The summed E-state index contributed by atoms with van der Waals surface area (Å²) in [6, 6.07) is 16.6. The third-order valence-corrected chi connectivity index (χ3v) is 6.96. The van der Waals surface area contributed by atoms with Gasteiger partial charge in [0.2, 0.25) is 0 Å². The molecule has 0 amide bonds. The van der Waals surface area contributed by atoms with E-state index in [9.17, 15) is 9.59 Å². The van der Waals surface area contributed by atoms with Crippen LogP contribution in [0.25, 0.3) is 17.1 Å². The van der Waals surface area contributed by atoms with E-state index < -0.39 is 0 Å². The van der Waals surface area contributed by atoms with Crippen molar-refractivity contribution in [3.8, 4) is 22.8 Å². The predicted octanol–water partition coefficient (Wildman–Crippen LogP) is 4.63. The van der Waals surface area contributed by atoms with E-state index in [1.54, 1.807) is 12.1 Å². The largest absolute Gasteiger partial charge is 0.494 e. The number of aromatic nitrogens is 4. The molecule has 8 heteroatoms. The zero-order valence-electron chi connectivity index (χ0n) is 19.1. The summed E-state index contributed by atoms with van der Waals surface area (Å²) in [6.07, 6.45) is 3.94. The number of carbonyl (C=O) groups excluding carboxylic acids is 1. The van der Waals surface area contributed by atoms with Crippen LogP contribution < -0.4 is 10.3 Å². The second-order valence-corrected chi connectivity index (χ2v) is 9.17. The number of nitrogens with zero attached hydrogens (tertiary/aromatic N) is 4. The van der Waals surface area contributed by atoms with Crippen LogP contribution in [0, 0.1) is 0 Å². The maximum atomic E-state index is 13.3. The summed E-state index contributed by atoms with van der Waals surface area (Å²) in [7, 11) is 0. The lowest BCUT2D eigenvalue weighted by Gasteiger charge is -2.17. The Labute approximate surface area is 202 Å². The Morgan fingerprint density at radius 2 is 1.85 bits per heavy atom. The molecule has 34 heavy (non-hydrogen) atoms. The van der Waals surface area contributed by atoms with Gasteiger partial charge in [-0.1, -0.05) is 36.4 Å². The van der Waals surface area contributed by atoms with E-state index in [1.807, 2.05) is 49.4 Å². The van der Waals surface area contributed by atoms with Gasteiger partial charge in [0.1, 0.15) is 11.3 Å². The SMILES string of the molecule is CCOc1ccc(C(=O)CSc2nc3nn(-c4ccccc4)c(=O)c-3c3n2CCCCC3)cc1. The van der Waals surface area contributed by atoms with E-state index in [-0.39, 0.29) is 17.1 Å². The maximum absolute atomic E-state index is 13.3. The van der Waals surface area contributed by atoms with Crippen molar-refractivity contribution in [2.45, 2.75) is 44.3 Å². The van der Waals surface area contributed by atoms with Crippen molar-refractivity contribution < 1.29 is 9.53 Å². The van der Waals surface area contributed by atoms with E-state index in [4.69, 9.17) is 9.72 Å². The van der Waals surface area contributed by atoms with Gasteiger partial charge in [0.15, 0.2) is 16.8 Å². The average molecular weight is 475 g/mol. The molecule has 3 aliphatic heterocycles. The van der Waals surface area contributed by atoms with Gasteiger partial charge in [-0.2, -0.15) is 4.68 Å². The molecule has 0 aromatic heterocycles. The minimum Gasteiger partial charge on any atom is -0.494 e. The predicted molar refractivity (Wildman–Crippen MR) is 132 cm³/mol. The molecule has 0 atom stereocenters. The maximum Gasteiger partial charge on any atom is 0.284 e. The second kappa shape index (κ2) is 9.85. The van der Waals surface area contributed by atoms with Gasteiger partial charge < -0.3 is 9.30 Å². The fourth-order valence-electron chi connectivity index (χ4n) is 4.33. The molecule has 0 bridgehead atoms. The Morgan fingerprint density at radius 1 is 1.06 bits per heavy atom. The van der Waals surface area contributed by atoms with E-state index in [0.717, 1.165) is 54.5 Å². The first-order chi connectivity index (χ1) is 16.7. The molecule has 0 spiro atoms. The number of ether oxygens (including phenoxy) is 1. The summed E-state index contributed by atoms with van der Waals surface area (Å²) in [5.41, 5.74) is 2.79. The van der Waals surface area contributed by atoms with Gasteiger partial charge in [-0.3, -0.25) is 9.59 Å². The Bertz CT molecular complexity index is 1330. The van der Waals surface area contributed by atoms with Gasteiger partial charge in [-0.25, -0.2) is 4.98 Å². The fourth-order valence-corrected chi connectivity index (χ4v) is 5.26. The molecule has 5 rings (SSSR count). The number of fused-ring (bicyclic) bond motifs is 3. The minimum absolute atomic E-state index is 0.0252. The Balaban J connectivity index is 1.48. The first kappa shape index (κ1) is 22.4. The molecule has 0 aliphatic carbocycles. The van der Waals surface area contributed by atoms with Crippen molar-refractivity contribution in [1.29, 1.82) is 0 Å². The van der Waals surface area contributed by atoms with Crippen LogP contribution in [-0.4, -0.2) is 37.5 Å². The third-order valence-electron chi connectivity index (χ3n) is 5.99. The normalized spacial score (nSPS) is 13.4. The van der Waals surface area contributed by atoms with Crippen LogP contribution >= 0.6 is 11.8 Å². The fraction of sp³-hybridized carbons (Fsp3) is 0.308. The molecule has 0 saturated carbocycles. The summed E-state index contributed by atoms with van der Waals surface area (Å²) < 4.78 is 9.03. The highest BCUT2D eigenvalue weighted by Crippen LogP contribution is 2.30. The lowest BCUT2D eigenvalue weighted by atomic mass is 10.1. The van der Waals surface area contributed by atoms with Crippen molar-refractivity contribution in [3.63, 3.8) is 0 Å². The minimum atomic E-state index is -0.138. The first-order valence-electron chi connectivity index (χ1n) is 11.6. The van der Waals surface area contributed by atoms with Gasteiger partial charge >= 0.3 is 0 Å². The van der Waals surface area contributed by atoms with Crippen LogP contribution in [0.1, 0.15) is 42.2 Å². The molecule has 2 aromatic carbocycles. The van der Waals surface area contributed by atoms with Crippen LogP contribution in [0.15, 0.2) is 64.5 Å². The number of thioether (sulfide) groups is 1. The van der Waals surface area contributed by atoms with E-state index in [2.05, 4.69) is 9.67 Å². The molecular weight excluding hydrogens is 448 g/mol. The smallest absolute Gasteiger partial charge is 0.284 e. The highest BCUT2D eigenvalue weighted by Gasteiger charge is 2.27. The second-order valence-electron chi connectivity index (χ2n) is 8.22. The number of hydrogen-bond donors (Lipinski definition) is 0. The van der Waals surface area contributed by atoms with Crippen LogP contribution in [0.3, 0.4) is 0 Å². The number of benzene rings is 2. The molecule has 3 heterocycles. The topological polar surface area (TPSA) is 79.0 Å². The number of carbonyl (C=O) groups is 1. The standard InChI is InChI=1S/C26H26N4O3S/c1-2-33-20-14-12-18(13-15-20)22(31)17-34-26-27-24-23(21-11-7-4-8-16-29(21)26)25(32)30(28-24)19-9-5-3-6-10-19/h3,5-6,9-10,12-15H,2,4,7-8,11,16-17H2,1H3. The molecule has 174 valence electrons. The zero-order chi connectivity index (χ0) is 23.5. The van der Waals surface area contributed by atoms with Gasteiger partial charge in [0.25, 0.3) is 5.56 Å². The molecule has 0 radical (unpaired) electrons. The Hall–Kier alpha value is -3.39. The number of Topliss-reactive ketones (excluding diaryl/α,β-unsaturated/α-hetero) is 1. The van der Waals surface area contributed by atoms with E-state index in [0.29, 0.717) is 23.6 Å². The van der Waals surface area contributed by atoms with E-state index in [1.165, 1.54) is 16.4 Å². The highest BCUT2D eigenvalue weighted by molar-refractivity contribution is 7.99. The summed E-state index contributed by atoms with van der Waals surface area (Å²) in [5.74, 6) is 1.48. The average Bonchev–Trinajstić information content (AvgIpc) is 3.03. The van der Waals surface area contributed by atoms with Crippen LogP contribution in [-0.2, 0) is 13.0 Å². The molecule has 0 unspecified atom stereocenters. The van der Waals surface area contributed by atoms with Crippen molar-refractivity contribution in [3.05, 3.63) is 76.2 Å². The van der Waals surface area contributed by atoms with Crippen molar-refractivity contribution in [2.24, 2.45) is 0 Å². The first-order valence-corrected chi connectivity index (χ1v) is 12.6. The molecule has 0 N–H and O–H groups in total. The van der Waals surface area contributed by atoms with Gasteiger partial charge in [-0.05, 0) is 62.6 Å². The van der Waals surface area contributed by atoms with E-state index >= 15 is 0 Å². The third kappa shape index (κ3) is 4.37. The molecule has 0 fully saturated rings. The monoisotopic (exact) mass is 474 g/mol. The number of ketones is 1. The van der Waals surface area contributed by atoms with Crippen molar-refractivity contribution in [1.82, 2.24) is 19.3 Å². The van der Waals surface area contributed by atoms with Gasteiger partial charge in [-0.15, -0.1) is 5.10 Å². The zero-order valence-corrected chi connectivity index (χ0v) is 19.9. The quantitative estimate of drug-likeness (QED) is 0.221. The Morgan fingerprint density at radius 3 is 2.62 bits per heavy atom. The summed E-state index contributed by atoms with van der Waals surface area (Å²) >= 11 is 1.41. The summed E-state index contributed by atoms with van der Waals surface area (Å²) in [6.45, 7) is 3.30. The number of rotatable bonds is 7. The molecule has 0 saturated heterocycles. The summed E-state index contributed by atoms with van der Waals surface area (Å²) in [4.78, 5) is 31.0. The lowest BCUT2D eigenvalue weighted by Crippen LogP contribution is -2.19. The van der Waals surface area contributed by atoms with Crippen LogP contribution in [0.4, 0.5) is 0 Å². The number of para-hydroxylation sites is 1. The van der Waals surface area contributed by atoms with Crippen molar-refractivity contribution in [2.75, 3.05) is 12.4 Å². The van der Waals surface area contributed by atoms with Crippen LogP contribution in [0.5, 0.6) is 5.75 Å². The number of hydrogen-bond acceptors (Lipinski definition) is 6. The van der Waals surface area contributed by atoms with Gasteiger partial charge in [0, 0.05) is 17.8 Å². The Kier molecular flexibility index (Phi) is 6.49. The molecule has 2 aromatic rings. The molecular formula is C26H26N4O3S. The van der Waals surface area contributed by atoms with Crippen LogP contribution in [0.2, 0.25) is 0 Å². The van der Waals surface area contributed by atoms with Gasteiger partial charge in [0.05, 0.1) is 18.0 Å². The lowest BCUT2D eigenvalue weighted by molar-refractivity contribution is 0.102. The summed E-state index contributed by atoms with van der Waals surface area (Å²) in [5, 5.41) is 5.30. The highest BCUT2D eigenvalue weighted by atomic mass is 32.2. The molecule has 7 nitrogen and oxygen atoms in total. The molecule has 3 aliphatic rings.